The predicted molar refractivity (Wildman–Crippen MR) is 142 cm³/mol. The molecule has 3 aromatic carbocycles. The summed E-state index contributed by atoms with van der Waals surface area (Å²) in [7, 11) is 0. The SMILES string of the molecule is O=C1NCN(C(Br)C(=O)ON(Oc2ccccc2C2CCCCC2)c2ccccc2)c2ccccc21. The molecule has 1 aliphatic carbocycles. The van der Waals surface area contributed by atoms with Gasteiger partial charge in [0.2, 0.25) is 0 Å². The van der Waals surface area contributed by atoms with Gasteiger partial charge in [-0.15, -0.1) is 0 Å². The Bertz CT molecular complexity index is 1220. The Morgan fingerprint density at radius 3 is 2.44 bits per heavy atom. The summed E-state index contributed by atoms with van der Waals surface area (Å²) in [6, 6.07) is 24.3. The summed E-state index contributed by atoms with van der Waals surface area (Å²) in [5.74, 6) is 0.326. The highest BCUT2D eigenvalue weighted by Gasteiger charge is 2.33. The molecule has 8 heteroatoms. The number of fused-ring (bicyclic) bond motifs is 1. The van der Waals surface area contributed by atoms with Gasteiger partial charge < -0.3 is 19.9 Å². The van der Waals surface area contributed by atoms with Crippen molar-refractivity contribution in [1.29, 1.82) is 0 Å². The summed E-state index contributed by atoms with van der Waals surface area (Å²) in [4.78, 5) is 38.6. The fraction of sp³-hybridized carbons (Fsp3) is 0.286. The molecule has 0 radical (unpaired) electrons. The number of carbonyl (C=O) groups is 2. The third-order valence-corrected chi connectivity index (χ3v) is 7.49. The van der Waals surface area contributed by atoms with Gasteiger partial charge in [0, 0.05) is 5.56 Å². The summed E-state index contributed by atoms with van der Waals surface area (Å²) in [5, 5.41) is 3.97. The monoisotopic (exact) mass is 549 g/mol. The van der Waals surface area contributed by atoms with Gasteiger partial charge in [0.1, 0.15) is 5.69 Å². The largest absolute Gasteiger partial charge is 0.369 e. The Balaban J connectivity index is 1.39. The molecule has 0 spiro atoms. The molecule has 1 aliphatic heterocycles. The first-order chi connectivity index (χ1) is 17.6. The van der Waals surface area contributed by atoms with Crippen molar-refractivity contribution in [1.82, 2.24) is 5.32 Å². The van der Waals surface area contributed by atoms with Crippen LogP contribution in [0.15, 0.2) is 78.9 Å². The second kappa shape index (κ2) is 11.0. The number of para-hydroxylation sites is 3. The van der Waals surface area contributed by atoms with Gasteiger partial charge in [-0.25, -0.2) is 4.79 Å². The van der Waals surface area contributed by atoms with Crippen LogP contribution in [0.3, 0.4) is 0 Å². The predicted octanol–water partition coefficient (Wildman–Crippen LogP) is 5.92. The molecule has 1 saturated carbocycles. The molecule has 0 bridgehead atoms. The van der Waals surface area contributed by atoms with Gasteiger partial charge in [0.05, 0.1) is 17.9 Å². The van der Waals surface area contributed by atoms with Crippen LogP contribution >= 0.6 is 15.9 Å². The molecule has 36 heavy (non-hydrogen) atoms. The summed E-state index contributed by atoms with van der Waals surface area (Å²) in [6.07, 6.45) is 5.91. The lowest BCUT2D eigenvalue weighted by Gasteiger charge is -2.34. The van der Waals surface area contributed by atoms with Crippen molar-refractivity contribution in [2.75, 3.05) is 16.8 Å². The Morgan fingerprint density at radius 2 is 1.64 bits per heavy atom. The van der Waals surface area contributed by atoms with E-state index >= 15 is 0 Å². The van der Waals surface area contributed by atoms with Gasteiger partial charge in [0.25, 0.3) is 5.91 Å². The third kappa shape index (κ3) is 5.18. The molecule has 0 saturated heterocycles. The topological polar surface area (TPSA) is 71.1 Å². The van der Waals surface area contributed by atoms with Gasteiger partial charge in [0.15, 0.2) is 10.7 Å². The number of nitrogens with zero attached hydrogens (tertiary/aromatic N) is 2. The summed E-state index contributed by atoms with van der Waals surface area (Å²) in [5.41, 5.74) is 2.85. The maximum atomic E-state index is 13.3. The molecule has 1 atom stereocenters. The number of nitrogens with one attached hydrogen (secondary N) is 1. The number of halogens is 1. The zero-order valence-corrected chi connectivity index (χ0v) is 21.4. The zero-order chi connectivity index (χ0) is 24.9. The number of amides is 1. The minimum atomic E-state index is -0.859. The fourth-order valence-electron chi connectivity index (χ4n) is 4.79. The average Bonchev–Trinajstić information content (AvgIpc) is 2.94. The van der Waals surface area contributed by atoms with E-state index in [1.807, 2.05) is 60.7 Å². The number of alkyl halides is 1. The van der Waals surface area contributed by atoms with Crippen LogP contribution in [-0.2, 0) is 9.63 Å². The molecule has 186 valence electrons. The van der Waals surface area contributed by atoms with Crippen molar-refractivity contribution in [2.45, 2.75) is 43.0 Å². The fourth-order valence-corrected chi connectivity index (χ4v) is 5.23. The van der Waals surface area contributed by atoms with Crippen molar-refractivity contribution >= 4 is 39.2 Å². The lowest BCUT2D eigenvalue weighted by atomic mass is 9.84. The van der Waals surface area contributed by atoms with Crippen molar-refractivity contribution in [2.24, 2.45) is 0 Å². The molecule has 1 unspecified atom stereocenters. The highest BCUT2D eigenvalue weighted by Crippen LogP contribution is 2.38. The molecular formula is C28H28BrN3O4. The number of hydrogen-bond donors (Lipinski definition) is 1. The number of anilines is 2. The van der Waals surface area contributed by atoms with Gasteiger partial charge in [-0.1, -0.05) is 83.7 Å². The van der Waals surface area contributed by atoms with Crippen molar-refractivity contribution < 1.29 is 19.3 Å². The lowest BCUT2D eigenvalue weighted by Crippen LogP contribution is -2.50. The van der Waals surface area contributed by atoms with Crippen molar-refractivity contribution in [3.8, 4) is 5.75 Å². The lowest BCUT2D eigenvalue weighted by molar-refractivity contribution is -0.153. The number of benzene rings is 3. The molecule has 2 aliphatic rings. The molecule has 1 fully saturated rings. The minimum absolute atomic E-state index is 0.164. The van der Waals surface area contributed by atoms with E-state index in [-0.39, 0.29) is 12.6 Å². The normalized spacial score (nSPS) is 16.5. The summed E-state index contributed by atoms with van der Waals surface area (Å²) < 4.78 is 0. The Hall–Kier alpha value is -3.52. The maximum Gasteiger partial charge on any atom is 0.369 e. The van der Waals surface area contributed by atoms with Crippen LogP contribution in [0.25, 0.3) is 0 Å². The first-order valence-electron chi connectivity index (χ1n) is 12.2. The van der Waals surface area contributed by atoms with E-state index < -0.39 is 10.9 Å². The third-order valence-electron chi connectivity index (χ3n) is 6.62. The van der Waals surface area contributed by atoms with E-state index in [1.54, 1.807) is 17.0 Å². The molecular weight excluding hydrogens is 522 g/mol. The standard InChI is InChI=1S/C28H28BrN3O4/c29-26(31-19-30-27(33)23-16-7-9-17-24(23)31)28(34)36-32(21-13-5-2-6-14-21)35-25-18-10-8-15-22(25)20-11-3-1-4-12-20/h2,5-10,13-18,20,26H,1,3-4,11-12,19H2,(H,30,33). The van der Waals surface area contributed by atoms with Crippen molar-refractivity contribution in [3.63, 3.8) is 0 Å². The number of rotatable bonds is 7. The Morgan fingerprint density at radius 1 is 0.944 bits per heavy atom. The highest BCUT2D eigenvalue weighted by atomic mass is 79.9. The van der Waals surface area contributed by atoms with E-state index in [4.69, 9.17) is 9.68 Å². The van der Waals surface area contributed by atoms with Crippen LogP contribution in [0.1, 0.15) is 53.9 Å². The summed E-state index contributed by atoms with van der Waals surface area (Å²) >= 11 is 3.48. The van der Waals surface area contributed by atoms with Crippen LogP contribution in [0, 0.1) is 0 Å². The quantitative estimate of drug-likeness (QED) is 0.224. The molecule has 5 rings (SSSR count). The van der Waals surface area contributed by atoms with Crippen LogP contribution in [0.2, 0.25) is 0 Å². The minimum Gasteiger partial charge on any atom is -0.345 e. The number of hydrogen-bond acceptors (Lipinski definition) is 6. The molecule has 7 nitrogen and oxygen atoms in total. The van der Waals surface area contributed by atoms with Crippen molar-refractivity contribution in [3.05, 3.63) is 90.0 Å². The molecule has 1 amide bonds. The second-order valence-corrected chi connectivity index (χ2v) is 9.82. The van der Waals surface area contributed by atoms with Gasteiger partial charge >= 0.3 is 5.97 Å². The van der Waals surface area contributed by atoms with Crippen LogP contribution < -0.4 is 20.3 Å². The van der Waals surface area contributed by atoms with Crippen LogP contribution in [0.4, 0.5) is 11.4 Å². The van der Waals surface area contributed by atoms with Gasteiger partial charge in [-0.2, -0.15) is 0 Å². The first kappa shape index (κ1) is 24.2. The average molecular weight is 550 g/mol. The Kier molecular flexibility index (Phi) is 7.41. The molecule has 1 N–H and O–H groups in total. The molecule has 1 heterocycles. The van der Waals surface area contributed by atoms with E-state index in [1.165, 1.54) is 24.5 Å². The Labute approximate surface area is 219 Å². The van der Waals surface area contributed by atoms with Crippen LogP contribution in [-0.4, -0.2) is 23.5 Å². The molecule has 3 aromatic rings. The van der Waals surface area contributed by atoms with E-state index in [9.17, 15) is 9.59 Å². The zero-order valence-electron chi connectivity index (χ0n) is 19.8. The number of carbonyl (C=O) groups excluding carboxylic acids is 2. The van der Waals surface area contributed by atoms with E-state index in [0.29, 0.717) is 28.6 Å². The van der Waals surface area contributed by atoms with Crippen LogP contribution in [0.5, 0.6) is 5.75 Å². The van der Waals surface area contributed by atoms with Gasteiger partial charge in [-0.05, 0) is 54.3 Å². The second-order valence-electron chi connectivity index (χ2n) is 8.95. The first-order valence-corrected chi connectivity index (χ1v) is 13.1. The molecule has 0 aromatic heterocycles. The van der Waals surface area contributed by atoms with E-state index in [2.05, 4.69) is 27.3 Å². The highest BCUT2D eigenvalue weighted by molar-refractivity contribution is 9.10. The maximum absolute atomic E-state index is 13.3. The smallest absolute Gasteiger partial charge is 0.345 e. The van der Waals surface area contributed by atoms with E-state index in [0.717, 1.165) is 18.4 Å². The van der Waals surface area contributed by atoms with Gasteiger partial charge in [-0.3, -0.25) is 4.79 Å². The summed E-state index contributed by atoms with van der Waals surface area (Å²) in [6.45, 7) is 0.164.